The number of allylic oxidation sites excluding steroid dienone is 2. The predicted molar refractivity (Wildman–Crippen MR) is 96.3 cm³/mol. The van der Waals surface area contributed by atoms with Crippen molar-refractivity contribution in [3.8, 4) is 0 Å². The molecular formula is C20H20BrN. The maximum absolute atomic E-state index is 3.80. The van der Waals surface area contributed by atoms with E-state index in [9.17, 15) is 0 Å². The lowest BCUT2D eigenvalue weighted by atomic mass is 9.77. The van der Waals surface area contributed by atoms with Crippen LogP contribution in [0.1, 0.15) is 42.0 Å². The first-order chi connectivity index (χ1) is 10.8. The van der Waals surface area contributed by atoms with Gasteiger partial charge in [-0.1, -0.05) is 55.5 Å². The fraction of sp³-hybridized carbons (Fsp3) is 0.300. The van der Waals surface area contributed by atoms with Crippen molar-refractivity contribution in [2.75, 3.05) is 5.32 Å². The number of para-hydroxylation sites is 1. The highest BCUT2D eigenvalue weighted by Gasteiger charge is 2.38. The molecule has 2 aromatic carbocycles. The van der Waals surface area contributed by atoms with Crippen LogP contribution in [0.2, 0.25) is 0 Å². The second-order valence-electron chi connectivity index (χ2n) is 6.27. The first-order valence-corrected chi connectivity index (χ1v) is 8.87. The fourth-order valence-corrected chi connectivity index (χ4v) is 4.37. The Morgan fingerprint density at radius 3 is 2.73 bits per heavy atom. The third-order valence-corrected chi connectivity index (χ3v) is 5.75. The highest BCUT2D eigenvalue weighted by Crippen LogP contribution is 2.51. The van der Waals surface area contributed by atoms with Crippen LogP contribution >= 0.6 is 15.9 Å². The zero-order valence-corrected chi connectivity index (χ0v) is 14.3. The lowest BCUT2D eigenvalue weighted by molar-refractivity contribution is 0.425. The molecule has 22 heavy (non-hydrogen) atoms. The van der Waals surface area contributed by atoms with Gasteiger partial charge in [0.05, 0.1) is 11.7 Å². The van der Waals surface area contributed by atoms with Gasteiger partial charge in [0.25, 0.3) is 0 Å². The summed E-state index contributed by atoms with van der Waals surface area (Å²) in [4.78, 5) is 0. The number of hydrogen-bond donors (Lipinski definition) is 1. The third-order valence-electron chi connectivity index (χ3n) is 5.09. The molecule has 1 aliphatic heterocycles. The molecule has 0 spiro atoms. The van der Waals surface area contributed by atoms with E-state index in [1.165, 1.54) is 26.9 Å². The molecule has 0 unspecified atom stereocenters. The van der Waals surface area contributed by atoms with Gasteiger partial charge in [-0.15, -0.1) is 0 Å². The summed E-state index contributed by atoms with van der Waals surface area (Å²) in [6.07, 6.45) is 6.99. The van der Waals surface area contributed by atoms with E-state index in [0.29, 0.717) is 17.9 Å². The van der Waals surface area contributed by atoms with Gasteiger partial charge in [-0.05, 0) is 57.4 Å². The van der Waals surface area contributed by atoms with Crippen molar-refractivity contribution in [1.29, 1.82) is 0 Å². The maximum atomic E-state index is 3.80. The van der Waals surface area contributed by atoms with E-state index in [0.717, 1.165) is 12.8 Å². The number of hydrogen-bond acceptors (Lipinski definition) is 1. The summed E-state index contributed by atoms with van der Waals surface area (Å²) < 4.78 is 1.17. The summed E-state index contributed by atoms with van der Waals surface area (Å²) in [5.41, 5.74) is 5.49. The van der Waals surface area contributed by atoms with E-state index in [-0.39, 0.29) is 0 Å². The minimum atomic E-state index is 0.386. The van der Waals surface area contributed by atoms with Crippen LogP contribution in [0.5, 0.6) is 0 Å². The van der Waals surface area contributed by atoms with Gasteiger partial charge in [0.2, 0.25) is 0 Å². The quantitative estimate of drug-likeness (QED) is 0.668. The monoisotopic (exact) mass is 353 g/mol. The topological polar surface area (TPSA) is 12.0 Å². The Morgan fingerprint density at radius 2 is 1.95 bits per heavy atom. The summed E-state index contributed by atoms with van der Waals surface area (Å²) in [7, 11) is 0. The molecule has 2 aromatic rings. The highest BCUT2D eigenvalue weighted by molar-refractivity contribution is 9.10. The lowest BCUT2D eigenvalue weighted by Crippen LogP contribution is -2.29. The summed E-state index contributed by atoms with van der Waals surface area (Å²) in [6.45, 7) is 2.21. The zero-order chi connectivity index (χ0) is 15.1. The molecule has 0 bridgehead atoms. The normalized spacial score (nSPS) is 25.5. The second kappa shape index (κ2) is 5.58. The van der Waals surface area contributed by atoms with E-state index in [4.69, 9.17) is 0 Å². The van der Waals surface area contributed by atoms with Crippen molar-refractivity contribution in [3.63, 3.8) is 0 Å². The van der Waals surface area contributed by atoms with Gasteiger partial charge < -0.3 is 5.32 Å². The van der Waals surface area contributed by atoms with Gasteiger partial charge in [-0.3, -0.25) is 0 Å². The van der Waals surface area contributed by atoms with Crippen LogP contribution in [0.3, 0.4) is 0 Å². The number of rotatable bonds is 2. The van der Waals surface area contributed by atoms with E-state index in [1.807, 2.05) is 0 Å². The van der Waals surface area contributed by atoms with Gasteiger partial charge in [0.15, 0.2) is 0 Å². The molecule has 1 heterocycles. The van der Waals surface area contributed by atoms with Crippen molar-refractivity contribution in [1.82, 2.24) is 0 Å². The van der Waals surface area contributed by atoms with Crippen LogP contribution in [-0.2, 0) is 6.42 Å². The van der Waals surface area contributed by atoms with Crippen molar-refractivity contribution in [3.05, 3.63) is 75.8 Å². The molecule has 2 aliphatic rings. The van der Waals surface area contributed by atoms with E-state index >= 15 is 0 Å². The van der Waals surface area contributed by atoms with E-state index in [1.54, 1.807) is 0 Å². The summed E-state index contributed by atoms with van der Waals surface area (Å²) in [6, 6.07) is 16.1. The second-order valence-corrected chi connectivity index (χ2v) is 7.13. The molecular weight excluding hydrogens is 334 g/mol. The fourth-order valence-electron chi connectivity index (χ4n) is 3.87. The summed E-state index contributed by atoms with van der Waals surface area (Å²) in [5, 5.41) is 3.80. The van der Waals surface area contributed by atoms with Crippen LogP contribution in [0.25, 0.3) is 0 Å². The van der Waals surface area contributed by atoms with Crippen LogP contribution in [0.15, 0.2) is 59.1 Å². The molecule has 0 aromatic heterocycles. The first-order valence-electron chi connectivity index (χ1n) is 8.08. The van der Waals surface area contributed by atoms with Crippen LogP contribution in [0, 0.1) is 5.92 Å². The SMILES string of the molecule is CCc1ccc([C@@H]2Nc3c(Br)cccc3[C@H]3C=CC[C@H]32)cc1. The summed E-state index contributed by atoms with van der Waals surface area (Å²) >= 11 is 3.72. The summed E-state index contributed by atoms with van der Waals surface area (Å²) in [5.74, 6) is 1.15. The third kappa shape index (κ3) is 2.21. The Kier molecular flexibility index (Phi) is 3.57. The minimum Gasteiger partial charge on any atom is -0.377 e. The average Bonchev–Trinajstić information content (AvgIpc) is 3.05. The maximum Gasteiger partial charge on any atom is 0.0554 e. The van der Waals surface area contributed by atoms with E-state index in [2.05, 4.69) is 82.8 Å². The number of nitrogens with one attached hydrogen (secondary N) is 1. The number of aryl methyl sites for hydroxylation is 1. The molecule has 112 valence electrons. The molecule has 1 N–H and O–H groups in total. The largest absolute Gasteiger partial charge is 0.377 e. The van der Waals surface area contributed by atoms with Crippen molar-refractivity contribution < 1.29 is 0 Å². The Balaban J connectivity index is 1.76. The molecule has 0 amide bonds. The first kappa shape index (κ1) is 14.1. The molecule has 2 heteroatoms. The van der Waals surface area contributed by atoms with Gasteiger partial charge in [0, 0.05) is 10.4 Å². The predicted octanol–water partition coefficient (Wildman–Crippen LogP) is 5.84. The van der Waals surface area contributed by atoms with Gasteiger partial charge >= 0.3 is 0 Å². The molecule has 0 fully saturated rings. The Morgan fingerprint density at radius 1 is 1.14 bits per heavy atom. The number of halogens is 1. The smallest absolute Gasteiger partial charge is 0.0554 e. The van der Waals surface area contributed by atoms with E-state index < -0.39 is 0 Å². The molecule has 0 saturated carbocycles. The van der Waals surface area contributed by atoms with Crippen LogP contribution in [-0.4, -0.2) is 0 Å². The highest BCUT2D eigenvalue weighted by atomic mass is 79.9. The molecule has 1 nitrogen and oxygen atoms in total. The van der Waals surface area contributed by atoms with Crippen molar-refractivity contribution >= 4 is 21.6 Å². The standard InChI is InChI=1S/C20H20BrN/c1-2-13-9-11-14(12-10-13)19-16-6-3-5-15(16)17-7-4-8-18(21)20(17)22-19/h3-5,7-12,15-16,19,22H,2,6H2,1H3/t15-,16+,19-/m0/s1. The van der Waals surface area contributed by atoms with Crippen molar-refractivity contribution in [2.24, 2.45) is 5.92 Å². The molecule has 4 rings (SSSR count). The molecule has 0 saturated heterocycles. The number of anilines is 1. The van der Waals surface area contributed by atoms with Crippen LogP contribution in [0.4, 0.5) is 5.69 Å². The Labute approximate surface area is 140 Å². The van der Waals surface area contributed by atoms with Gasteiger partial charge in [0.1, 0.15) is 0 Å². The Hall–Kier alpha value is -1.54. The van der Waals surface area contributed by atoms with Gasteiger partial charge in [-0.2, -0.15) is 0 Å². The molecule has 3 atom stereocenters. The molecule has 1 aliphatic carbocycles. The minimum absolute atomic E-state index is 0.386. The average molecular weight is 354 g/mol. The van der Waals surface area contributed by atoms with Crippen molar-refractivity contribution in [2.45, 2.75) is 31.7 Å². The van der Waals surface area contributed by atoms with Gasteiger partial charge in [-0.25, -0.2) is 0 Å². The number of fused-ring (bicyclic) bond motifs is 3. The Bertz CT molecular complexity index is 717. The lowest BCUT2D eigenvalue weighted by Gasteiger charge is -2.38. The zero-order valence-electron chi connectivity index (χ0n) is 12.7. The van der Waals surface area contributed by atoms with Crippen LogP contribution < -0.4 is 5.32 Å². The number of benzene rings is 2. The molecule has 0 radical (unpaired) electrons.